The highest BCUT2D eigenvalue weighted by molar-refractivity contribution is 6.17. The molecule has 0 radical (unpaired) electrons. The van der Waals surface area contributed by atoms with Crippen molar-refractivity contribution in [3.63, 3.8) is 0 Å². The van der Waals surface area contributed by atoms with E-state index < -0.39 is 0 Å². The molecule has 0 aromatic heterocycles. The van der Waals surface area contributed by atoms with Crippen LogP contribution in [0.25, 0.3) is 0 Å². The van der Waals surface area contributed by atoms with Gasteiger partial charge in [-0.25, -0.2) is 0 Å². The molecular weight excluding hydrogens is 134 g/mol. The Morgan fingerprint density at radius 2 is 2.00 bits per heavy atom. The van der Waals surface area contributed by atoms with Crippen LogP contribution in [0.4, 0.5) is 0 Å². The van der Waals surface area contributed by atoms with E-state index in [0.717, 1.165) is 18.8 Å². The standard InChI is InChI=1S/C7H16ClN/c1-7(2)9(3)6-4-5-8/h7H,4-6H2,1-3H3. The lowest BCUT2D eigenvalue weighted by molar-refractivity contribution is 0.275. The third-order valence-electron chi connectivity index (χ3n) is 1.53. The van der Waals surface area contributed by atoms with Crippen molar-refractivity contribution in [3.8, 4) is 0 Å². The van der Waals surface area contributed by atoms with Crippen molar-refractivity contribution < 1.29 is 0 Å². The van der Waals surface area contributed by atoms with Gasteiger partial charge in [-0.3, -0.25) is 0 Å². The molecule has 0 aliphatic heterocycles. The van der Waals surface area contributed by atoms with Gasteiger partial charge >= 0.3 is 0 Å². The van der Waals surface area contributed by atoms with E-state index in [9.17, 15) is 0 Å². The average molecular weight is 150 g/mol. The Labute approximate surface area is 63.0 Å². The minimum absolute atomic E-state index is 0.646. The van der Waals surface area contributed by atoms with Crippen LogP contribution < -0.4 is 0 Å². The first-order valence-electron chi connectivity index (χ1n) is 3.44. The van der Waals surface area contributed by atoms with Gasteiger partial charge in [0.25, 0.3) is 0 Å². The van der Waals surface area contributed by atoms with E-state index in [4.69, 9.17) is 11.6 Å². The summed E-state index contributed by atoms with van der Waals surface area (Å²) in [5.41, 5.74) is 0. The SMILES string of the molecule is CC(C)N(C)CCCCl. The number of alkyl halides is 1. The van der Waals surface area contributed by atoms with Gasteiger partial charge in [0, 0.05) is 11.9 Å². The van der Waals surface area contributed by atoms with Crippen LogP contribution in [-0.4, -0.2) is 30.4 Å². The highest BCUT2D eigenvalue weighted by Crippen LogP contribution is 1.95. The topological polar surface area (TPSA) is 3.24 Å². The van der Waals surface area contributed by atoms with Gasteiger partial charge in [0.2, 0.25) is 0 Å². The van der Waals surface area contributed by atoms with Gasteiger partial charge < -0.3 is 4.90 Å². The maximum atomic E-state index is 5.52. The van der Waals surface area contributed by atoms with Crippen molar-refractivity contribution in [1.82, 2.24) is 4.90 Å². The number of hydrogen-bond acceptors (Lipinski definition) is 1. The van der Waals surface area contributed by atoms with Gasteiger partial charge in [0.05, 0.1) is 0 Å². The second-order valence-electron chi connectivity index (χ2n) is 2.62. The second-order valence-corrected chi connectivity index (χ2v) is 2.99. The molecule has 56 valence electrons. The van der Waals surface area contributed by atoms with Crippen LogP contribution in [0, 0.1) is 0 Å². The van der Waals surface area contributed by atoms with E-state index >= 15 is 0 Å². The summed E-state index contributed by atoms with van der Waals surface area (Å²) in [6.45, 7) is 5.49. The summed E-state index contributed by atoms with van der Waals surface area (Å²) in [7, 11) is 2.12. The third kappa shape index (κ3) is 4.73. The molecular formula is C7H16ClN. The Hall–Kier alpha value is 0.250. The summed E-state index contributed by atoms with van der Waals surface area (Å²) in [5, 5.41) is 0. The van der Waals surface area contributed by atoms with Gasteiger partial charge in [0.1, 0.15) is 0 Å². The molecule has 0 heterocycles. The van der Waals surface area contributed by atoms with E-state index in [0.29, 0.717) is 6.04 Å². The first-order valence-corrected chi connectivity index (χ1v) is 3.98. The van der Waals surface area contributed by atoms with Gasteiger partial charge in [-0.05, 0) is 33.9 Å². The lowest BCUT2D eigenvalue weighted by Crippen LogP contribution is -2.27. The van der Waals surface area contributed by atoms with E-state index in [1.807, 2.05) is 0 Å². The second kappa shape index (κ2) is 5.07. The molecule has 0 aliphatic carbocycles. The van der Waals surface area contributed by atoms with Gasteiger partial charge in [-0.1, -0.05) is 0 Å². The zero-order chi connectivity index (χ0) is 7.28. The fraction of sp³-hybridized carbons (Fsp3) is 1.00. The van der Waals surface area contributed by atoms with Crippen LogP contribution in [-0.2, 0) is 0 Å². The maximum Gasteiger partial charge on any atom is 0.0235 e. The van der Waals surface area contributed by atoms with Crippen LogP contribution in [0.3, 0.4) is 0 Å². The van der Waals surface area contributed by atoms with Gasteiger partial charge in [-0.15, -0.1) is 11.6 Å². The number of rotatable bonds is 4. The van der Waals surface area contributed by atoms with Crippen LogP contribution in [0.15, 0.2) is 0 Å². The Balaban J connectivity index is 3.16. The van der Waals surface area contributed by atoms with Crippen molar-refractivity contribution in [3.05, 3.63) is 0 Å². The highest BCUT2D eigenvalue weighted by Gasteiger charge is 1.99. The molecule has 0 rings (SSSR count). The van der Waals surface area contributed by atoms with Crippen LogP contribution >= 0.6 is 11.6 Å². The van der Waals surface area contributed by atoms with Crippen molar-refractivity contribution in [1.29, 1.82) is 0 Å². The van der Waals surface area contributed by atoms with E-state index in [1.54, 1.807) is 0 Å². The van der Waals surface area contributed by atoms with E-state index in [-0.39, 0.29) is 0 Å². The molecule has 0 aromatic carbocycles. The molecule has 9 heavy (non-hydrogen) atoms. The molecule has 0 atom stereocenters. The molecule has 0 aromatic rings. The smallest absolute Gasteiger partial charge is 0.0235 e. The number of nitrogens with zero attached hydrogens (tertiary/aromatic N) is 1. The molecule has 0 saturated heterocycles. The normalized spacial score (nSPS) is 11.3. The average Bonchev–Trinajstić information content (AvgIpc) is 1.82. The molecule has 0 fully saturated rings. The molecule has 0 spiro atoms. The maximum absolute atomic E-state index is 5.52. The quantitative estimate of drug-likeness (QED) is 0.553. The summed E-state index contributed by atoms with van der Waals surface area (Å²) in [6, 6.07) is 0.646. The van der Waals surface area contributed by atoms with E-state index in [2.05, 4.69) is 25.8 Å². The van der Waals surface area contributed by atoms with Crippen LogP contribution in [0.1, 0.15) is 20.3 Å². The monoisotopic (exact) mass is 149 g/mol. The fourth-order valence-electron chi connectivity index (χ4n) is 0.567. The summed E-state index contributed by atoms with van der Waals surface area (Å²) >= 11 is 5.52. The Morgan fingerprint density at radius 1 is 1.44 bits per heavy atom. The Kier molecular flexibility index (Phi) is 5.21. The molecule has 2 heteroatoms. The highest BCUT2D eigenvalue weighted by atomic mass is 35.5. The lowest BCUT2D eigenvalue weighted by atomic mass is 10.3. The van der Waals surface area contributed by atoms with Crippen LogP contribution in [0.2, 0.25) is 0 Å². The van der Waals surface area contributed by atoms with Crippen LogP contribution in [0.5, 0.6) is 0 Å². The predicted octanol–water partition coefficient (Wildman–Crippen LogP) is 1.96. The molecule has 0 saturated carbocycles. The minimum Gasteiger partial charge on any atom is -0.304 e. The zero-order valence-electron chi connectivity index (χ0n) is 6.52. The largest absolute Gasteiger partial charge is 0.304 e. The minimum atomic E-state index is 0.646. The summed E-state index contributed by atoms with van der Waals surface area (Å²) < 4.78 is 0. The number of halogens is 1. The molecule has 0 N–H and O–H groups in total. The first-order chi connectivity index (χ1) is 4.18. The fourth-order valence-corrected chi connectivity index (χ4v) is 0.687. The molecule has 1 nitrogen and oxygen atoms in total. The third-order valence-corrected chi connectivity index (χ3v) is 1.79. The summed E-state index contributed by atoms with van der Waals surface area (Å²) in [5.74, 6) is 0.775. The molecule has 0 aliphatic rings. The van der Waals surface area contributed by atoms with Gasteiger partial charge in [0.15, 0.2) is 0 Å². The molecule has 0 unspecified atom stereocenters. The summed E-state index contributed by atoms with van der Waals surface area (Å²) in [4.78, 5) is 2.29. The lowest BCUT2D eigenvalue weighted by Gasteiger charge is -2.19. The number of hydrogen-bond donors (Lipinski definition) is 0. The van der Waals surface area contributed by atoms with Crippen molar-refractivity contribution in [2.45, 2.75) is 26.3 Å². The van der Waals surface area contributed by atoms with E-state index in [1.165, 1.54) is 0 Å². The van der Waals surface area contributed by atoms with Crippen molar-refractivity contribution in [2.24, 2.45) is 0 Å². The molecule has 0 bridgehead atoms. The van der Waals surface area contributed by atoms with Crippen molar-refractivity contribution in [2.75, 3.05) is 19.5 Å². The Morgan fingerprint density at radius 3 is 2.33 bits per heavy atom. The summed E-state index contributed by atoms with van der Waals surface area (Å²) in [6.07, 6.45) is 1.09. The predicted molar refractivity (Wildman–Crippen MR) is 43.1 cm³/mol. The van der Waals surface area contributed by atoms with Crippen molar-refractivity contribution >= 4 is 11.6 Å². The first kappa shape index (κ1) is 9.25. The zero-order valence-corrected chi connectivity index (χ0v) is 7.28. The van der Waals surface area contributed by atoms with Gasteiger partial charge in [-0.2, -0.15) is 0 Å². The Bertz CT molecular complexity index is 63.9. The molecule has 0 amide bonds.